The lowest BCUT2D eigenvalue weighted by Gasteiger charge is -2.07. The van der Waals surface area contributed by atoms with Crippen LogP contribution in [0.2, 0.25) is 10.0 Å². The Morgan fingerprint density at radius 3 is 2.61 bits per heavy atom. The molecule has 6 heteroatoms. The molecule has 0 bridgehead atoms. The first-order chi connectivity index (χ1) is 11.0. The molecule has 0 aliphatic rings. The summed E-state index contributed by atoms with van der Waals surface area (Å²) in [6.07, 6.45) is 1.80. The topological polar surface area (TPSA) is 34.4 Å². The van der Waals surface area contributed by atoms with E-state index in [9.17, 15) is 4.79 Å². The molecule has 0 unspecified atom stereocenters. The fourth-order valence-electron chi connectivity index (χ4n) is 2.26. The summed E-state index contributed by atoms with van der Waals surface area (Å²) in [6.45, 7) is 1.95. The normalized spacial score (nSPS) is 11.1. The van der Waals surface area contributed by atoms with Crippen LogP contribution in [0.4, 0.5) is 0 Å². The molecule has 0 amide bonds. The number of pyridine rings is 1. The number of nitrogens with zero attached hydrogens (tertiary/aromatic N) is 2. The molecule has 2 heterocycles. The molecule has 0 fully saturated rings. The van der Waals surface area contributed by atoms with Crippen molar-refractivity contribution in [2.24, 2.45) is 0 Å². The van der Waals surface area contributed by atoms with Crippen LogP contribution in [-0.2, 0) is 11.5 Å². The summed E-state index contributed by atoms with van der Waals surface area (Å²) in [7, 11) is 0. The first-order valence-corrected chi connectivity index (χ1v) is 8.95. The van der Waals surface area contributed by atoms with Gasteiger partial charge in [0.15, 0.2) is 0 Å². The van der Waals surface area contributed by atoms with Gasteiger partial charge in [0.25, 0.3) is 5.56 Å². The Morgan fingerprint density at radius 1 is 1.13 bits per heavy atom. The van der Waals surface area contributed by atoms with Crippen LogP contribution < -0.4 is 5.56 Å². The number of hydrogen-bond acceptors (Lipinski definition) is 3. The van der Waals surface area contributed by atoms with Crippen LogP contribution in [0, 0.1) is 6.92 Å². The first-order valence-electron chi connectivity index (χ1n) is 7.04. The van der Waals surface area contributed by atoms with Crippen LogP contribution in [0.3, 0.4) is 0 Å². The predicted molar refractivity (Wildman–Crippen MR) is 97.7 cm³/mol. The molecule has 0 aliphatic carbocycles. The van der Waals surface area contributed by atoms with E-state index < -0.39 is 0 Å². The number of aromatic nitrogens is 2. The molecule has 3 rings (SSSR count). The van der Waals surface area contributed by atoms with Gasteiger partial charge < -0.3 is 0 Å². The molecule has 0 atom stereocenters. The number of rotatable bonds is 4. The lowest BCUT2D eigenvalue weighted by atomic mass is 10.2. The maximum Gasteiger partial charge on any atom is 0.258 e. The second-order valence-electron chi connectivity index (χ2n) is 5.21. The van der Waals surface area contributed by atoms with Gasteiger partial charge in [0.2, 0.25) is 0 Å². The number of hydrogen-bond donors (Lipinski definition) is 0. The third-order valence-corrected chi connectivity index (χ3v) is 5.12. The van der Waals surface area contributed by atoms with Gasteiger partial charge in [-0.2, -0.15) is 11.8 Å². The van der Waals surface area contributed by atoms with Crippen molar-refractivity contribution in [1.82, 2.24) is 9.38 Å². The van der Waals surface area contributed by atoms with Gasteiger partial charge in [-0.1, -0.05) is 35.3 Å². The summed E-state index contributed by atoms with van der Waals surface area (Å²) >= 11 is 14.0. The van der Waals surface area contributed by atoms with E-state index in [1.807, 2.05) is 37.3 Å². The SMILES string of the molecule is Cc1ccc2nc(CSCc3c(Cl)cccc3Cl)cc(=O)n2c1. The van der Waals surface area contributed by atoms with E-state index in [2.05, 4.69) is 4.98 Å². The predicted octanol–water partition coefficient (Wildman–Crippen LogP) is 4.74. The minimum Gasteiger partial charge on any atom is -0.269 e. The summed E-state index contributed by atoms with van der Waals surface area (Å²) < 4.78 is 1.56. The van der Waals surface area contributed by atoms with Gasteiger partial charge in [-0.3, -0.25) is 9.20 Å². The molecule has 0 spiro atoms. The standard InChI is InChI=1S/C17H14Cl2N2OS/c1-11-5-6-16-20-12(7-17(22)21(16)8-11)9-23-10-13-14(18)3-2-4-15(13)19/h2-8H,9-10H2,1H3. The van der Waals surface area contributed by atoms with Gasteiger partial charge in [0, 0.05) is 33.8 Å². The molecule has 2 aromatic heterocycles. The van der Waals surface area contributed by atoms with Crippen LogP contribution in [0.15, 0.2) is 47.4 Å². The molecule has 23 heavy (non-hydrogen) atoms. The summed E-state index contributed by atoms with van der Waals surface area (Å²) in [5.41, 5.74) is 3.29. The van der Waals surface area contributed by atoms with Crippen LogP contribution in [0.25, 0.3) is 5.65 Å². The van der Waals surface area contributed by atoms with Gasteiger partial charge in [-0.15, -0.1) is 0 Å². The molecule has 0 saturated carbocycles. The van der Waals surface area contributed by atoms with Crippen molar-refractivity contribution in [3.8, 4) is 0 Å². The Bertz CT molecular complexity index is 904. The van der Waals surface area contributed by atoms with E-state index in [1.54, 1.807) is 28.4 Å². The smallest absolute Gasteiger partial charge is 0.258 e. The van der Waals surface area contributed by atoms with Crippen LogP contribution in [0.1, 0.15) is 16.8 Å². The zero-order valence-corrected chi connectivity index (χ0v) is 14.8. The highest BCUT2D eigenvalue weighted by atomic mass is 35.5. The lowest BCUT2D eigenvalue weighted by Crippen LogP contribution is -2.15. The second-order valence-corrected chi connectivity index (χ2v) is 7.01. The van der Waals surface area contributed by atoms with Crippen molar-refractivity contribution < 1.29 is 0 Å². The number of halogens is 2. The van der Waals surface area contributed by atoms with Crippen LogP contribution >= 0.6 is 35.0 Å². The molecule has 1 aromatic carbocycles. The third-order valence-electron chi connectivity index (χ3n) is 3.42. The molecule has 0 aliphatic heterocycles. The quantitative estimate of drug-likeness (QED) is 0.670. The Balaban J connectivity index is 1.77. The Hall–Kier alpha value is -1.49. The van der Waals surface area contributed by atoms with Gasteiger partial charge in [-0.05, 0) is 36.2 Å². The average molecular weight is 365 g/mol. The van der Waals surface area contributed by atoms with E-state index in [0.29, 0.717) is 27.2 Å². The number of thioether (sulfide) groups is 1. The molecule has 3 aromatic rings. The number of aryl methyl sites for hydroxylation is 1. The van der Waals surface area contributed by atoms with Crippen molar-refractivity contribution in [2.45, 2.75) is 18.4 Å². The van der Waals surface area contributed by atoms with Gasteiger partial charge in [-0.25, -0.2) is 4.98 Å². The highest BCUT2D eigenvalue weighted by Crippen LogP contribution is 2.29. The minimum absolute atomic E-state index is 0.0647. The Labute approximate surface area is 148 Å². The third kappa shape index (κ3) is 3.71. The Kier molecular flexibility index (Phi) is 4.95. The van der Waals surface area contributed by atoms with Gasteiger partial charge in [0.1, 0.15) is 5.65 Å². The lowest BCUT2D eigenvalue weighted by molar-refractivity contribution is 1.00. The largest absolute Gasteiger partial charge is 0.269 e. The van der Waals surface area contributed by atoms with Crippen molar-refractivity contribution in [1.29, 1.82) is 0 Å². The number of fused-ring (bicyclic) bond motifs is 1. The zero-order chi connectivity index (χ0) is 16.4. The molecule has 0 saturated heterocycles. The zero-order valence-electron chi connectivity index (χ0n) is 12.4. The highest BCUT2D eigenvalue weighted by Gasteiger charge is 2.07. The highest BCUT2D eigenvalue weighted by molar-refractivity contribution is 7.97. The Morgan fingerprint density at radius 2 is 1.87 bits per heavy atom. The average Bonchev–Trinajstić information content (AvgIpc) is 2.51. The first kappa shape index (κ1) is 16.4. The summed E-state index contributed by atoms with van der Waals surface area (Å²) in [6, 6.07) is 10.9. The molecule has 118 valence electrons. The van der Waals surface area contributed by atoms with Gasteiger partial charge in [0.05, 0.1) is 5.69 Å². The molecule has 0 N–H and O–H groups in total. The van der Waals surface area contributed by atoms with Crippen molar-refractivity contribution in [3.05, 3.63) is 79.8 Å². The fourth-order valence-corrected chi connectivity index (χ4v) is 3.92. The molecular weight excluding hydrogens is 351 g/mol. The fraction of sp³-hybridized carbons (Fsp3) is 0.176. The maximum absolute atomic E-state index is 12.2. The van der Waals surface area contributed by atoms with Crippen molar-refractivity contribution in [3.63, 3.8) is 0 Å². The van der Waals surface area contributed by atoms with E-state index in [1.165, 1.54) is 0 Å². The van der Waals surface area contributed by atoms with E-state index in [-0.39, 0.29) is 5.56 Å². The van der Waals surface area contributed by atoms with Crippen LogP contribution in [-0.4, -0.2) is 9.38 Å². The van der Waals surface area contributed by atoms with E-state index in [4.69, 9.17) is 23.2 Å². The van der Waals surface area contributed by atoms with Gasteiger partial charge >= 0.3 is 0 Å². The van der Waals surface area contributed by atoms with Crippen molar-refractivity contribution in [2.75, 3.05) is 0 Å². The summed E-state index contributed by atoms with van der Waals surface area (Å²) in [4.78, 5) is 16.7. The minimum atomic E-state index is -0.0647. The number of benzene rings is 1. The second kappa shape index (κ2) is 6.95. The molecule has 0 radical (unpaired) electrons. The molecular formula is C17H14Cl2N2OS. The summed E-state index contributed by atoms with van der Waals surface area (Å²) in [5.74, 6) is 1.30. The van der Waals surface area contributed by atoms with E-state index in [0.717, 1.165) is 16.8 Å². The maximum atomic E-state index is 12.2. The van der Waals surface area contributed by atoms with E-state index >= 15 is 0 Å². The summed E-state index contributed by atoms with van der Waals surface area (Å²) in [5, 5.41) is 1.32. The van der Waals surface area contributed by atoms with Crippen molar-refractivity contribution >= 4 is 40.6 Å². The molecule has 3 nitrogen and oxygen atoms in total. The van der Waals surface area contributed by atoms with Crippen LogP contribution in [0.5, 0.6) is 0 Å². The monoisotopic (exact) mass is 364 g/mol.